The molecule has 7 nitrogen and oxygen atoms in total. The first-order valence-corrected chi connectivity index (χ1v) is 10.9. The molecule has 1 amide bonds. The van der Waals surface area contributed by atoms with E-state index in [-0.39, 0.29) is 29.3 Å². The topological polar surface area (TPSA) is 73.1 Å². The van der Waals surface area contributed by atoms with Gasteiger partial charge >= 0.3 is 6.18 Å². The molecule has 6 rings (SSSR count). The van der Waals surface area contributed by atoms with Gasteiger partial charge in [-0.25, -0.2) is 0 Å². The summed E-state index contributed by atoms with van der Waals surface area (Å²) in [6, 6.07) is 3.31. The minimum Gasteiger partial charge on any atom is -0.371 e. The summed E-state index contributed by atoms with van der Waals surface area (Å²) in [7, 11) is 0. The number of carbonyl (C=O) groups is 1. The molecule has 33 heavy (non-hydrogen) atoms. The van der Waals surface area contributed by atoms with Gasteiger partial charge in [0.15, 0.2) is 0 Å². The minimum absolute atomic E-state index is 0.0155. The quantitative estimate of drug-likeness (QED) is 0.606. The number of ether oxygens (including phenoxy) is 1. The minimum atomic E-state index is -4.46. The molecule has 0 radical (unpaired) electrons. The summed E-state index contributed by atoms with van der Waals surface area (Å²) >= 11 is 0. The third-order valence-electron chi connectivity index (χ3n) is 6.50. The van der Waals surface area contributed by atoms with Gasteiger partial charge in [0, 0.05) is 48.2 Å². The summed E-state index contributed by atoms with van der Waals surface area (Å²) in [5.74, 6) is -0.298. The molecule has 2 aliphatic heterocycles. The van der Waals surface area contributed by atoms with Crippen LogP contribution < -0.4 is 0 Å². The highest BCUT2D eigenvalue weighted by Crippen LogP contribution is 2.36. The Balaban J connectivity index is 1.42. The van der Waals surface area contributed by atoms with Gasteiger partial charge in [0.1, 0.15) is 17.9 Å². The van der Waals surface area contributed by atoms with E-state index in [1.54, 1.807) is 17.3 Å². The van der Waals surface area contributed by atoms with E-state index in [1.807, 2.05) is 12.1 Å². The molecule has 5 heterocycles. The number of pyridine rings is 2. The Kier molecular flexibility index (Phi) is 4.55. The molecular formula is C23H20F3N5O2. The summed E-state index contributed by atoms with van der Waals surface area (Å²) in [6.07, 6.45) is 4.83. The van der Waals surface area contributed by atoms with Crippen LogP contribution in [0.3, 0.4) is 0 Å². The number of halogens is 3. The maximum Gasteiger partial charge on any atom is 0.408 e. The molecule has 3 aromatic heterocycles. The van der Waals surface area contributed by atoms with Crippen LogP contribution in [0.15, 0.2) is 36.8 Å². The van der Waals surface area contributed by atoms with Crippen LogP contribution >= 0.6 is 0 Å². The summed E-state index contributed by atoms with van der Waals surface area (Å²) < 4.78 is 46.7. The van der Waals surface area contributed by atoms with Gasteiger partial charge in [0.2, 0.25) is 0 Å². The number of rotatable bonds is 3. The molecule has 0 spiro atoms. The van der Waals surface area contributed by atoms with Gasteiger partial charge in [0.25, 0.3) is 5.91 Å². The van der Waals surface area contributed by atoms with Crippen LogP contribution in [0, 0.1) is 0 Å². The van der Waals surface area contributed by atoms with E-state index in [0.29, 0.717) is 30.6 Å². The number of amides is 1. The van der Waals surface area contributed by atoms with Crippen molar-refractivity contribution in [3.8, 4) is 0 Å². The van der Waals surface area contributed by atoms with Crippen molar-refractivity contribution in [2.45, 2.75) is 44.2 Å². The number of likely N-dealkylation sites (tertiary alicyclic amines) is 1. The Morgan fingerprint density at radius 2 is 1.97 bits per heavy atom. The van der Waals surface area contributed by atoms with Crippen molar-refractivity contribution in [1.29, 1.82) is 0 Å². The number of carbonyl (C=O) groups excluding carboxylic acids is 1. The van der Waals surface area contributed by atoms with Crippen LogP contribution in [0.4, 0.5) is 13.2 Å². The Morgan fingerprint density at radius 3 is 2.73 bits per heavy atom. The van der Waals surface area contributed by atoms with Crippen molar-refractivity contribution in [3.63, 3.8) is 0 Å². The zero-order chi connectivity index (χ0) is 22.7. The van der Waals surface area contributed by atoms with Crippen molar-refractivity contribution < 1.29 is 22.7 Å². The van der Waals surface area contributed by atoms with Gasteiger partial charge in [-0.2, -0.15) is 18.3 Å². The van der Waals surface area contributed by atoms with E-state index in [4.69, 9.17) is 4.74 Å². The molecular weight excluding hydrogens is 435 g/mol. The second kappa shape index (κ2) is 7.38. The van der Waals surface area contributed by atoms with Gasteiger partial charge in [0.05, 0.1) is 17.7 Å². The molecule has 2 bridgehead atoms. The molecule has 2 unspecified atom stereocenters. The van der Waals surface area contributed by atoms with Crippen LogP contribution in [0.1, 0.15) is 40.2 Å². The van der Waals surface area contributed by atoms with Crippen LogP contribution in [0.2, 0.25) is 0 Å². The molecule has 2 atom stereocenters. The summed E-state index contributed by atoms with van der Waals surface area (Å²) in [6.45, 7) is -0.312. The van der Waals surface area contributed by atoms with Crippen LogP contribution in [0.25, 0.3) is 16.5 Å². The number of hydrogen-bond acceptors (Lipinski definition) is 5. The van der Waals surface area contributed by atoms with Gasteiger partial charge in [-0.05, 0) is 37.0 Å². The summed E-state index contributed by atoms with van der Waals surface area (Å²) in [4.78, 5) is 23.3. The van der Waals surface area contributed by atoms with Gasteiger partial charge in [-0.15, -0.1) is 0 Å². The predicted molar refractivity (Wildman–Crippen MR) is 112 cm³/mol. The van der Waals surface area contributed by atoms with Gasteiger partial charge in [-0.3, -0.25) is 19.4 Å². The van der Waals surface area contributed by atoms with Crippen LogP contribution in [-0.2, 0) is 17.7 Å². The fourth-order valence-corrected chi connectivity index (χ4v) is 5.01. The highest BCUT2D eigenvalue weighted by molar-refractivity contribution is 6.00. The first-order chi connectivity index (χ1) is 15.9. The largest absolute Gasteiger partial charge is 0.408 e. The smallest absolute Gasteiger partial charge is 0.371 e. The first-order valence-electron chi connectivity index (χ1n) is 10.9. The van der Waals surface area contributed by atoms with Gasteiger partial charge < -0.3 is 9.64 Å². The molecule has 0 saturated carbocycles. The molecule has 3 aliphatic rings. The lowest BCUT2D eigenvalue weighted by molar-refractivity contribution is -0.141. The number of nitrogens with zero attached hydrogens (tertiary/aromatic N) is 5. The zero-order valence-corrected chi connectivity index (χ0v) is 17.5. The van der Waals surface area contributed by atoms with E-state index in [0.717, 1.165) is 34.2 Å². The molecule has 2 fully saturated rings. The lowest BCUT2D eigenvalue weighted by Gasteiger charge is -2.31. The summed E-state index contributed by atoms with van der Waals surface area (Å²) in [5, 5.41) is 4.79. The third kappa shape index (κ3) is 3.58. The normalized spacial score (nSPS) is 22.0. The molecule has 2 saturated heterocycles. The average molecular weight is 455 g/mol. The Bertz CT molecular complexity index is 1290. The highest BCUT2D eigenvalue weighted by atomic mass is 19.4. The van der Waals surface area contributed by atoms with Crippen molar-refractivity contribution >= 4 is 22.4 Å². The Hall–Kier alpha value is -3.27. The second-order valence-corrected chi connectivity index (χ2v) is 8.73. The van der Waals surface area contributed by atoms with E-state index < -0.39 is 12.7 Å². The van der Waals surface area contributed by atoms with E-state index >= 15 is 0 Å². The molecule has 3 aromatic rings. The highest BCUT2D eigenvalue weighted by Gasteiger charge is 2.37. The zero-order valence-electron chi connectivity index (χ0n) is 17.5. The van der Waals surface area contributed by atoms with Crippen molar-refractivity contribution in [3.05, 3.63) is 59.3 Å². The standard InChI is InChI=1S/C23H20F3N5O2/c24-23(25,26)12-31-20-7-19(22(32)30-10-14-2-3-15(11-30)33-14)28-9-18(20)21(29-31)16-4-1-13-5-6-27-8-17(13)16/h4-9,14-15H,1-3,10-12H2. The SMILES string of the molecule is O=C(c1cc2c(cn1)c(C1=CCc3ccncc31)nn2CC(F)(F)F)N1CC2CCC(C1)O2. The number of morpholine rings is 1. The van der Waals surface area contributed by atoms with Gasteiger partial charge in [-0.1, -0.05) is 6.08 Å². The molecule has 10 heteroatoms. The van der Waals surface area contributed by atoms with E-state index in [2.05, 4.69) is 15.1 Å². The van der Waals surface area contributed by atoms with Crippen molar-refractivity contribution in [1.82, 2.24) is 24.6 Å². The van der Waals surface area contributed by atoms with E-state index in [1.165, 1.54) is 12.3 Å². The van der Waals surface area contributed by atoms with E-state index in [9.17, 15) is 18.0 Å². The molecule has 1 aliphatic carbocycles. The molecule has 170 valence electrons. The first kappa shape index (κ1) is 20.3. The Labute approximate surface area is 186 Å². The number of hydrogen-bond donors (Lipinski definition) is 0. The van der Waals surface area contributed by atoms with Crippen molar-refractivity contribution in [2.24, 2.45) is 0 Å². The number of fused-ring (bicyclic) bond motifs is 4. The second-order valence-electron chi connectivity index (χ2n) is 8.73. The van der Waals surface area contributed by atoms with Crippen LogP contribution in [-0.4, -0.2) is 62.0 Å². The molecule has 0 aromatic carbocycles. The maximum atomic E-state index is 13.3. The Morgan fingerprint density at radius 1 is 1.18 bits per heavy atom. The summed E-state index contributed by atoms with van der Waals surface area (Å²) in [5.41, 5.74) is 3.38. The monoisotopic (exact) mass is 455 g/mol. The number of alkyl halides is 3. The lowest BCUT2D eigenvalue weighted by atomic mass is 10.0. The van der Waals surface area contributed by atoms with Crippen LogP contribution in [0.5, 0.6) is 0 Å². The number of allylic oxidation sites excluding steroid dienone is 1. The maximum absolute atomic E-state index is 13.3. The third-order valence-corrected chi connectivity index (χ3v) is 6.50. The fourth-order valence-electron chi connectivity index (χ4n) is 5.01. The fraction of sp³-hybridized carbons (Fsp3) is 0.391. The number of aromatic nitrogens is 4. The predicted octanol–water partition coefficient (Wildman–Crippen LogP) is 3.38. The van der Waals surface area contributed by atoms with Crippen molar-refractivity contribution in [2.75, 3.05) is 13.1 Å². The average Bonchev–Trinajstić information content (AvgIpc) is 3.47. The lowest BCUT2D eigenvalue weighted by Crippen LogP contribution is -2.46. The molecule has 0 N–H and O–H groups in total.